The zero-order chi connectivity index (χ0) is 15.0. The van der Waals surface area contributed by atoms with Crippen LogP contribution in [0.1, 0.15) is 23.2 Å². The Morgan fingerprint density at radius 2 is 1.90 bits per heavy atom. The first-order valence-corrected chi connectivity index (χ1v) is 6.15. The van der Waals surface area contributed by atoms with Gasteiger partial charge >= 0.3 is 5.97 Å². The Balaban J connectivity index is 2.53. The third-order valence-electron chi connectivity index (χ3n) is 2.58. The van der Waals surface area contributed by atoms with Crippen LogP contribution in [0.2, 0.25) is 0 Å². The summed E-state index contributed by atoms with van der Waals surface area (Å²) in [4.78, 5) is 26.7. The molecule has 0 bridgehead atoms. The maximum Gasteiger partial charge on any atom is 0.326 e. The average molecular weight is 278 g/mol. The molecule has 1 aromatic carbocycles. The maximum absolute atomic E-state index is 11.9. The number of guanidine groups is 1. The highest BCUT2D eigenvalue weighted by atomic mass is 16.4. The Kier molecular flexibility index (Phi) is 6.02. The second-order valence-electron chi connectivity index (χ2n) is 4.18. The van der Waals surface area contributed by atoms with Gasteiger partial charge in [0.05, 0.1) is 0 Å². The van der Waals surface area contributed by atoms with E-state index in [1.165, 1.54) is 0 Å². The largest absolute Gasteiger partial charge is 0.480 e. The van der Waals surface area contributed by atoms with E-state index in [0.29, 0.717) is 18.5 Å². The molecule has 0 saturated carbocycles. The van der Waals surface area contributed by atoms with Crippen LogP contribution in [0.4, 0.5) is 0 Å². The van der Waals surface area contributed by atoms with Gasteiger partial charge < -0.3 is 21.9 Å². The second kappa shape index (κ2) is 7.78. The van der Waals surface area contributed by atoms with Gasteiger partial charge in [0.1, 0.15) is 6.04 Å². The van der Waals surface area contributed by atoms with Gasteiger partial charge in [-0.25, -0.2) is 4.79 Å². The van der Waals surface area contributed by atoms with Crippen LogP contribution in [0.5, 0.6) is 0 Å². The molecule has 108 valence electrons. The van der Waals surface area contributed by atoms with Crippen LogP contribution in [-0.2, 0) is 4.79 Å². The van der Waals surface area contributed by atoms with Crippen molar-refractivity contribution in [3.05, 3.63) is 35.9 Å². The van der Waals surface area contributed by atoms with Gasteiger partial charge in [0.25, 0.3) is 5.91 Å². The van der Waals surface area contributed by atoms with Gasteiger partial charge in [0.2, 0.25) is 0 Å². The molecular weight excluding hydrogens is 260 g/mol. The van der Waals surface area contributed by atoms with Gasteiger partial charge in [0.15, 0.2) is 5.96 Å². The molecule has 0 fully saturated rings. The van der Waals surface area contributed by atoms with Crippen LogP contribution in [-0.4, -0.2) is 35.5 Å². The fraction of sp³-hybridized carbons (Fsp3) is 0.308. The van der Waals surface area contributed by atoms with Crippen LogP contribution in [0.3, 0.4) is 0 Å². The molecule has 6 N–H and O–H groups in total. The van der Waals surface area contributed by atoms with Crippen LogP contribution >= 0.6 is 0 Å². The number of amides is 1. The number of carboxylic acid groups (broad SMARTS) is 1. The van der Waals surface area contributed by atoms with E-state index >= 15 is 0 Å². The highest BCUT2D eigenvalue weighted by Crippen LogP contribution is 2.03. The minimum absolute atomic E-state index is 0.0369. The molecule has 1 atom stereocenters. The first kappa shape index (κ1) is 15.5. The summed E-state index contributed by atoms with van der Waals surface area (Å²) in [5.41, 5.74) is 10.8. The van der Waals surface area contributed by atoms with E-state index in [1.807, 2.05) is 0 Å². The molecule has 0 aliphatic heterocycles. The lowest BCUT2D eigenvalue weighted by Crippen LogP contribution is -2.40. The monoisotopic (exact) mass is 278 g/mol. The first-order chi connectivity index (χ1) is 9.50. The van der Waals surface area contributed by atoms with Crippen molar-refractivity contribution in [2.45, 2.75) is 18.9 Å². The Morgan fingerprint density at radius 3 is 2.45 bits per heavy atom. The summed E-state index contributed by atoms with van der Waals surface area (Å²) in [7, 11) is 0. The third-order valence-corrected chi connectivity index (χ3v) is 2.58. The van der Waals surface area contributed by atoms with E-state index in [9.17, 15) is 9.59 Å². The number of hydrogen-bond donors (Lipinski definition) is 4. The molecule has 0 radical (unpaired) electrons. The van der Waals surface area contributed by atoms with Crippen molar-refractivity contribution in [2.75, 3.05) is 6.54 Å². The summed E-state index contributed by atoms with van der Waals surface area (Å²) >= 11 is 0. The summed E-state index contributed by atoms with van der Waals surface area (Å²) < 4.78 is 0. The molecule has 0 aromatic heterocycles. The number of benzene rings is 1. The van der Waals surface area contributed by atoms with E-state index in [1.54, 1.807) is 30.3 Å². The third kappa shape index (κ3) is 5.38. The molecule has 20 heavy (non-hydrogen) atoms. The lowest BCUT2D eigenvalue weighted by atomic mass is 10.1. The van der Waals surface area contributed by atoms with E-state index < -0.39 is 17.9 Å². The summed E-state index contributed by atoms with van der Waals surface area (Å²) in [6, 6.07) is 7.48. The van der Waals surface area contributed by atoms with Crippen LogP contribution < -0.4 is 16.8 Å². The van der Waals surface area contributed by atoms with E-state index in [2.05, 4.69) is 10.3 Å². The second-order valence-corrected chi connectivity index (χ2v) is 4.18. The number of nitrogens with one attached hydrogen (secondary N) is 1. The molecule has 1 rings (SSSR count). The Labute approximate surface area is 116 Å². The van der Waals surface area contributed by atoms with Gasteiger partial charge in [-0.1, -0.05) is 18.2 Å². The molecule has 1 amide bonds. The molecule has 7 heteroatoms. The molecule has 0 heterocycles. The fourth-order valence-electron chi connectivity index (χ4n) is 1.59. The zero-order valence-corrected chi connectivity index (χ0v) is 11.0. The van der Waals surface area contributed by atoms with Gasteiger partial charge in [-0.05, 0) is 25.0 Å². The lowest BCUT2D eigenvalue weighted by Gasteiger charge is -2.14. The summed E-state index contributed by atoms with van der Waals surface area (Å²) in [6.07, 6.45) is 0.717. The zero-order valence-electron chi connectivity index (χ0n) is 11.0. The van der Waals surface area contributed by atoms with Gasteiger partial charge in [-0.15, -0.1) is 0 Å². The molecule has 0 aliphatic carbocycles. The molecule has 0 saturated heterocycles. The van der Waals surface area contributed by atoms with E-state index in [-0.39, 0.29) is 12.4 Å². The summed E-state index contributed by atoms with van der Waals surface area (Å²) in [6.45, 7) is 0.327. The number of nitrogens with two attached hydrogens (primary N) is 2. The standard InChI is InChI=1S/C13H18N4O3/c14-13(15)16-8-4-7-10(12(19)20)17-11(18)9-5-2-1-3-6-9/h1-3,5-6,10H,4,7-8H2,(H,17,18)(H,19,20)(H4,14,15,16)/t10-/m1/s1. The van der Waals surface area contributed by atoms with E-state index in [4.69, 9.17) is 16.6 Å². The molecule has 0 spiro atoms. The topological polar surface area (TPSA) is 131 Å². The van der Waals surface area contributed by atoms with Gasteiger partial charge in [-0.2, -0.15) is 0 Å². The molecule has 7 nitrogen and oxygen atoms in total. The van der Waals surface area contributed by atoms with Crippen LogP contribution in [0, 0.1) is 0 Å². The predicted molar refractivity (Wildman–Crippen MR) is 75.2 cm³/mol. The number of aliphatic carboxylic acids is 1. The Hall–Kier alpha value is -2.57. The average Bonchev–Trinajstić information content (AvgIpc) is 2.42. The van der Waals surface area contributed by atoms with Crippen LogP contribution in [0.25, 0.3) is 0 Å². The Bertz CT molecular complexity index is 484. The molecular formula is C13H18N4O3. The number of carbonyl (C=O) groups is 2. The number of aliphatic imine (C=N–C) groups is 1. The number of nitrogens with zero attached hydrogens (tertiary/aromatic N) is 1. The molecule has 0 aliphatic rings. The van der Waals surface area contributed by atoms with Crippen molar-refractivity contribution in [3.8, 4) is 0 Å². The van der Waals surface area contributed by atoms with Crippen molar-refractivity contribution >= 4 is 17.8 Å². The first-order valence-electron chi connectivity index (χ1n) is 6.15. The quantitative estimate of drug-likeness (QED) is 0.315. The van der Waals surface area contributed by atoms with Crippen molar-refractivity contribution in [1.29, 1.82) is 0 Å². The smallest absolute Gasteiger partial charge is 0.326 e. The number of carbonyl (C=O) groups excluding carboxylic acids is 1. The van der Waals surface area contributed by atoms with E-state index in [0.717, 1.165) is 0 Å². The highest BCUT2D eigenvalue weighted by molar-refractivity contribution is 5.96. The van der Waals surface area contributed by atoms with Crippen LogP contribution in [0.15, 0.2) is 35.3 Å². The molecule has 1 aromatic rings. The Morgan fingerprint density at radius 1 is 1.25 bits per heavy atom. The van der Waals surface area contributed by atoms with Gasteiger partial charge in [0, 0.05) is 12.1 Å². The normalized spacial score (nSPS) is 11.4. The lowest BCUT2D eigenvalue weighted by molar-refractivity contribution is -0.139. The van der Waals surface area contributed by atoms with Gasteiger partial charge in [-0.3, -0.25) is 9.79 Å². The highest BCUT2D eigenvalue weighted by Gasteiger charge is 2.19. The number of carboxylic acids is 1. The van der Waals surface area contributed by atoms with Crippen molar-refractivity contribution in [2.24, 2.45) is 16.5 Å². The van der Waals surface area contributed by atoms with Crippen molar-refractivity contribution in [1.82, 2.24) is 5.32 Å². The van der Waals surface area contributed by atoms with Crippen molar-refractivity contribution in [3.63, 3.8) is 0 Å². The fourth-order valence-corrected chi connectivity index (χ4v) is 1.59. The summed E-state index contributed by atoms with van der Waals surface area (Å²) in [5.74, 6) is -1.54. The molecule has 0 unspecified atom stereocenters. The number of rotatable bonds is 7. The predicted octanol–water partition coefficient (Wildman–Crippen LogP) is -0.0768. The maximum atomic E-state index is 11.9. The summed E-state index contributed by atoms with van der Waals surface area (Å²) in [5, 5.41) is 11.5. The minimum atomic E-state index is -1.08. The SMILES string of the molecule is NC(N)=NCCC[C@@H](NC(=O)c1ccccc1)C(=O)O. The van der Waals surface area contributed by atoms with Crippen molar-refractivity contribution < 1.29 is 14.7 Å². The number of hydrogen-bond acceptors (Lipinski definition) is 3. The minimum Gasteiger partial charge on any atom is -0.480 e.